The Hall–Kier alpha value is -0.750. The lowest BCUT2D eigenvalue weighted by molar-refractivity contribution is -0.139. The van der Waals surface area contributed by atoms with Crippen molar-refractivity contribution in [3.05, 3.63) is 33.3 Å². The van der Waals surface area contributed by atoms with Crippen LogP contribution < -0.4 is 0 Å². The third kappa shape index (κ3) is 3.77. The highest BCUT2D eigenvalue weighted by Gasteiger charge is 2.38. The van der Waals surface area contributed by atoms with Gasteiger partial charge in [-0.25, -0.2) is 0 Å². The van der Waals surface area contributed by atoms with Gasteiger partial charge in [0.15, 0.2) is 5.38 Å². The van der Waals surface area contributed by atoms with Crippen molar-refractivity contribution < 1.29 is 23.1 Å². The quantitative estimate of drug-likeness (QED) is 0.644. The van der Waals surface area contributed by atoms with Gasteiger partial charge in [0.2, 0.25) is 0 Å². The zero-order valence-corrected chi connectivity index (χ0v) is 13.9. The third-order valence-corrected chi connectivity index (χ3v) is 5.07. The first-order valence-corrected chi connectivity index (χ1v) is 8.22. The van der Waals surface area contributed by atoms with E-state index in [0.29, 0.717) is 12.8 Å². The first kappa shape index (κ1) is 17.6. The standard InChI is InChI=1S/C15H15BrClF3O2/c16-11-7-9(13(17)14(21)22)6-10(15(18,19)20)12(11)8-4-2-1-3-5-8/h6-8,13H,1-5H2,(H,21,22). The molecule has 0 amide bonds. The fourth-order valence-electron chi connectivity index (χ4n) is 2.97. The molecule has 2 rings (SSSR count). The number of rotatable bonds is 3. The van der Waals surface area contributed by atoms with Crippen LogP contribution in [0.5, 0.6) is 0 Å². The van der Waals surface area contributed by atoms with E-state index in [9.17, 15) is 18.0 Å². The summed E-state index contributed by atoms with van der Waals surface area (Å²) in [6.45, 7) is 0. The Morgan fingerprint density at radius 1 is 1.27 bits per heavy atom. The van der Waals surface area contributed by atoms with Crippen LogP contribution in [0.15, 0.2) is 16.6 Å². The van der Waals surface area contributed by atoms with E-state index in [0.717, 1.165) is 25.3 Å². The second kappa shape index (κ2) is 6.79. The summed E-state index contributed by atoms with van der Waals surface area (Å²) in [6, 6.07) is 2.27. The number of hydrogen-bond acceptors (Lipinski definition) is 1. The molecule has 1 N–H and O–H groups in total. The molecule has 1 atom stereocenters. The fourth-order valence-corrected chi connectivity index (χ4v) is 3.90. The summed E-state index contributed by atoms with van der Waals surface area (Å²) in [5, 5.41) is 7.41. The highest BCUT2D eigenvalue weighted by molar-refractivity contribution is 9.10. The molecule has 0 radical (unpaired) electrons. The second-order valence-corrected chi connectivity index (χ2v) is 6.79. The number of alkyl halides is 4. The zero-order chi connectivity index (χ0) is 16.5. The largest absolute Gasteiger partial charge is 0.480 e. The van der Waals surface area contributed by atoms with Gasteiger partial charge in [0.05, 0.1) is 5.56 Å². The average Bonchev–Trinajstić information content (AvgIpc) is 2.45. The van der Waals surface area contributed by atoms with E-state index in [1.165, 1.54) is 6.07 Å². The molecule has 0 bridgehead atoms. The molecule has 2 nitrogen and oxygen atoms in total. The molecule has 1 fully saturated rings. The summed E-state index contributed by atoms with van der Waals surface area (Å²) in [5.74, 6) is -1.53. The van der Waals surface area contributed by atoms with Crippen LogP contribution >= 0.6 is 27.5 Å². The Labute approximate surface area is 139 Å². The minimum atomic E-state index is -4.54. The molecule has 1 unspecified atom stereocenters. The van der Waals surface area contributed by atoms with E-state index in [2.05, 4.69) is 15.9 Å². The van der Waals surface area contributed by atoms with Crippen LogP contribution in [0.4, 0.5) is 13.2 Å². The Bertz CT molecular complexity index is 569. The number of halogens is 5. The molecule has 1 saturated carbocycles. The molecular formula is C15H15BrClF3O2. The maximum absolute atomic E-state index is 13.4. The third-order valence-electron chi connectivity index (χ3n) is 3.98. The van der Waals surface area contributed by atoms with Crippen LogP contribution in [0.25, 0.3) is 0 Å². The van der Waals surface area contributed by atoms with Gasteiger partial charge in [0, 0.05) is 4.47 Å². The van der Waals surface area contributed by atoms with Crippen molar-refractivity contribution in [2.45, 2.75) is 49.6 Å². The molecule has 0 aliphatic heterocycles. The van der Waals surface area contributed by atoms with E-state index in [4.69, 9.17) is 16.7 Å². The zero-order valence-electron chi connectivity index (χ0n) is 11.6. The summed E-state index contributed by atoms with van der Waals surface area (Å²) < 4.78 is 40.5. The van der Waals surface area contributed by atoms with Gasteiger partial charge in [-0.2, -0.15) is 13.2 Å². The summed E-state index contributed by atoms with van der Waals surface area (Å²) in [4.78, 5) is 10.9. The molecule has 0 saturated heterocycles. The van der Waals surface area contributed by atoms with E-state index in [-0.39, 0.29) is 21.5 Å². The lowest BCUT2D eigenvalue weighted by Gasteiger charge is -2.27. The molecule has 1 aromatic carbocycles. The van der Waals surface area contributed by atoms with Gasteiger partial charge < -0.3 is 5.11 Å². The smallest absolute Gasteiger partial charge is 0.416 e. The summed E-state index contributed by atoms with van der Waals surface area (Å²) in [5.41, 5.74) is -0.617. The van der Waals surface area contributed by atoms with Gasteiger partial charge in [0.25, 0.3) is 0 Å². The van der Waals surface area contributed by atoms with Crippen molar-refractivity contribution in [1.82, 2.24) is 0 Å². The predicted octanol–water partition coefficient (Wildman–Crippen LogP) is 5.88. The van der Waals surface area contributed by atoms with Crippen molar-refractivity contribution >= 4 is 33.5 Å². The number of aliphatic carboxylic acids is 1. The van der Waals surface area contributed by atoms with E-state index in [1.54, 1.807) is 0 Å². The maximum atomic E-state index is 13.4. The van der Waals surface area contributed by atoms with Crippen LogP contribution in [-0.4, -0.2) is 11.1 Å². The molecular weight excluding hydrogens is 385 g/mol. The Kier molecular flexibility index (Phi) is 5.43. The number of carboxylic acid groups (broad SMARTS) is 1. The summed E-state index contributed by atoms with van der Waals surface area (Å²) in [6.07, 6.45) is -0.266. The first-order valence-electron chi connectivity index (χ1n) is 6.99. The molecule has 7 heteroatoms. The molecule has 0 aromatic heterocycles. The molecule has 122 valence electrons. The second-order valence-electron chi connectivity index (χ2n) is 5.50. The highest BCUT2D eigenvalue weighted by Crippen LogP contribution is 2.45. The van der Waals surface area contributed by atoms with Crippen LogP contribution in [-0.2, 0) is 11.0 Å². The van der Waals surface area contributed by atoms with Crippen molar-refractivity contribution in [3.8, 4) is 0 Å². The molecule has 0 spiro atoms. The van der Waals surface area contributed by atoms with Gasteiger partial charge in [-0.3, -0.25) is 4.79 Å². The van der Waals surface area contributed by atoms with Crippen molar-refractivity contribution in [2.75, 3.05) is 0 Å². The Morgan fingerprint density at radius 3 is 2.36 bits per heavy atom. The lowest BCUT2D eigenvalue weighted by atomic mass is 9.81. The molecule has 22 heavy (non-hydrogen) atoms. The number of carbonyl (C=O) groups is 1. The van der Waals surface area contributed by atoms with Crippen LogP contribution in [0, 0.1) is 0 Å². The van der Waals surface area contributed by atoms with Gasteiger partial charge >= 0.3 is 12.1 Å². The first-order chi connectivity index (χ1) is 10.2. The van der Waals surface area contributed by atoms with Gasteiger partial charge in [-0.15, -0.1) is 11.6 Å². The number of carboxylic acids is 1. The molecule has 1 aliphatic carbocycles. The number of hydrogen-bond donors (Lipinski definition) is 1. The van der Waals surface area contributed by atoms with Crippen LogP contribution in [0.3, 0.4) is 0 Å². The van der Waals surface area contributed by atoms with E-state index >= 15 is 0 Å². The maximum Gasteiger partial charge on any atom is 0.416 e. The normalized spacial score (nSPS) is 18.2. The van der Waals surface area contributed by atoms with Gasteiger partial charge in [-0.05, 0) is 42.0 Å². The highest BCUT2D eigenvalue weighted by atomic mass is 79.9. The average molecular weight is 400 g/mol. The fraction of sp³-hybridized carbons (Fsp3) is 0.533. The van der Waals surface area contributed by atoms with E-state index < -0.39 is 23.1 Å². The van der Waals surface area contributed by atoms with Gasteiger partial charge in [0.1, 0.15) is 0 Å². The monoisotopic (exact) mass is 398 g/mol. The molecule has 1 aliphatic rings. The van der Waals surface area contributed by atoms with Gasteiger partial charge in [-0.1, -0.05) is 35.2 Å². The molecule has 1 aromatic rings. The van der Waals surface area contributed by atoms with Crippen molar-refractivity contribution in [1.29, 1.82) is 0 Å². The lowest BCUT2D eigenvalue weighted by Crippen LogP contribution is -2.17. The SMILES string of the molecule is O=C(O)C(Cl)c1cc(Br)c(C2CCCCC2)c(C(F)(F)F)c1. The van der Waals surface area contributed by atoms with Crippen LogP contribution in [0.2, 0.25) is 0 Å². The predicted molar refractivity (Wildman–Crippen MR) is 81.2 cm³/mol. The summed E-state index contributed by atoms with van der Waals surface area (Å²) in [7, 11) is 0. The topological polar surface area (TPSA) is 37.3 Å². The Balaban J connectivity index is 2.55. The van der Waals surface area contributed by atoms with Crippen LogP contribution in [0.1, 0.15) is 60.1 Å². The minimum Gasteiger partial charge on any atom is -0.480 e. The number of benzene rings is 1. The summed E-state index contributed by atoms with van der Waals surface area (Å²) >= 11 is 8.88. The van der Waals surface area contributed by atoms with E-state index in [1.807, 2.05) is 0 Å². The molecule has 0 heterocycles. The van der Waals surface area contributed by atoms with Crippen molar-refractivity contribution in [3.63, 3.8) is 0 Å². The Morgan fingerprint density at radius 2 is 1.86 bits per heavy atom. The minimum absolute atomic E-state index is 0.0621. The van der Waals surface area contributed by atoms with Crippen molar-refractivity contribution in [2.24, 2.45) is 0 Å².